The Labute approximate surface area is 112 Å². The van der Waals surface area contributed by atoms with Crippen molar-refractivity contribution in [3.63, 3.8) is 0 Å². The molecule has 3 rings (SSSR count). The molecule has 0 amide bonds. The number of rotatable bonds is 1. The number of nitrogens with zero attached hydrogens (tertiary/aromatic N) is 2. The summed E-state index contributed by atoms with van der Waals surface area (Å²) >= 11 is 13.6. The van der Waals surface area contributed by atoms with Crippen LogP contribution in [0.5, 0.6) is 0 Å². The second-order valence-electron chi connectivity index (χ2n) is 3.49. The molecule has 3 aromatic rings. The van der Waals surface area contributed by atoms with Crippen LogP contribution in [0.3, 0.4) is 0 Å². The molecular weight excluding hydrogens is 275 g/mol. The molecule has 0 saturated carbocycles. The average molecular weight is 281 g/mol. The zero-order chi connectivity index (χ0) is 11.8. The highest BCUT2D eigenvalue weighted by Gasteiger charge is 2.11. The zero-order valence-electron chi connectivity index (χ0n) is 8.52. The van der Waals surface area contributed by atoms with Crippen LogP contribution in [-0.4, -0.2) is 9.97 Å². The van der Waals surface area contributed by atoms with Gasteiger partial charge in [0.25, 0.3) is 0 Å². The van der Waals surface area contributed by atoms with Crippen molar-refractivity contribution in [2.24, 2.45) is 0 Å². The summed E-state index contributed by atoms with van der Waals surface area (Å²) in [7, 11) is 0. The van der Waals surface area contributed by atoms with Crippen LogP contribution in [0.1, 0.15) is 0 Å². The predicted molar refractivity (Wildman–Crippen MR) is 72.9 cm³/mol. The van der Waals surface area contributed by atoms with Crippen LogP contribution in [0.25, 0.3) is 21.3 Å². The number of hydrogen-bond donors (Lipinski definition) is 0. The standard InChI is InChI=1S/C12H6Cl2N2S/c13-9-5-10(14)16-11-8(6-17-12(9)11)7-1-3-15-4-2-7/h1-6H. The van der Waals surface area contributed by atoms with E-state index in [1.165, 1.54) is 0 Å². The fourth-order valence-corrected chi connectivity index (χ4v) is 3.18. The summed E-state index contributed by atoms with van der Waals surface area (Å²) in [5.74, 6) is 0. The van der Waals surface area contributed by atoms with E-state index in [0.29, 0.717) is 10.2 Å². The number of fused-ring (bicyclic) bond motifs is 1. The van der Waals surface area contributed by atoms with Gasteiger partial charge in [-0.1, -0.05) is 23.2 Å². The van der Waals surface area contributed by atoms with Gasteiger partial charge in [-0.25, -0.2) is 4.98 Å². The zero-order valence-corrected chi connectivity index (χ0v) is 10.9. The van der Waals surface area contributed by atoms with Crippen LogP contribution < -0.4 is 0 Å². The Hall–Kier alpha value is -1.16. The van der Waals surface area contributed by atoms with Gasteiger partial charge >= 0.3 is 0 Å². The first-order valence-corrected chi connectivity index (χ1v) is 6.53. The second-order valence-corrected chi connectivity index (χ2v) is 5.16. The Morgan fingerprint density at radius 3 is 2.65 bits per heavy atom. The van der Waals surface area contributed by atoms with E-state index in [-0.39, 0.29) is 0 Å². The monoisotopic (exact) mass is 280 g/mol. The van der Waals surface area contributed by atoms with Crippen LogP contribution in [0.15, 0.2) is 36.0 Å². The number of halogens is 2. The molecule has 0 aromatic carbocycles. The van der Waals surface area contributed by atoms with Gasteiger partial charge in [0, 0.05) is 23.3 Å². The van der Waals surface area contributed by atoms with Crippen molar-refractivity contribution in [3.05, 3.63) is 46.1 Å². The maximum Gasteiger partial charge on any atom is 0.131 e. The van der Waals surface area contributed by atoms with Crippen LogP contribution in [0.2, 0.25) is 10.2 Å². The largest absolute Gasteiger partial charge is 0.265 e. The summed E-state index contributed by atoms with van der Waals surface area (Å²) in [6, 6.07) is 5.55. The molecule has 0 aliphatic carbocycles. The van der Waals surface area contributed by atoms with Crippen LogP contribution in [0.4, 0.5) is 0 Å². The molecule has 0 bridgehead atoms. The Morgan fingerprint density at radius 2 is 1.88 bits per heavy atom. The van der Waals surface area contributed by atoms with Crippen molar-refractivity contribution in [2.75, 3.05) is 0 Å². The van der Waals surface area contributed by atoms with E-state index in [9.17, 15) is 0 Å². The molecule has 0 aliphatic rings. The third-order valence-electron chi connectivity index (χ3n) is 2.44. The van der Waals surface area contributed by atoms with E-state index in [2.05, 4.69) is 9.97 Å². The molecule has 0 aliphatic heterocycles. The normalized spacial score (nSPS) is 10.9. The van der Waals surface area contributed by atoms with Crippen LogP contribution in [0, 0.1) is 0 Å². The van der Waals surface area contributed by atoms with Gasteiger partial charge < -0.3 is 0 Å². The summed E-state index contributed by atoms with van der Waals surface area (Å²) in [4.78, 5) is 8.35. The van der Waals surface area contributed by atoms with Gasteiger partial charge in [0.15, 0.2) is 0 Å². The van der Waals surface area contributed by atoms with Crippen molar-refractivity contribution in [2.45, 2.75) is 0 Å². The van der Waals surface area contributed by atoms with E-state index in [0.717, 1.165) is 21.3 Å². The van der Waals surface area contributed by atoms with Gasteiger partial charge in [0.05, 0.1) is 15.2 Å². The highest BCUT2D eigenvalue weighted by molar-refractivity contribution is 7.18. The van der Waals surface area contributed by atoms with E-state index in [1.54, 1.807) is 29.8 Å². The molecule has 0 atom stereocenters. The molecule has 0 spiro atoms. The summed E-state index contributed by atoms with van der Waals surface area (Å²) in [5.41, 5.74) is 2.95. The summed E-state index contributed by atoms with van der Waals surface area (Å²) in [5, 5.41) is 3.09. The van der Waals surface area contributed by atoms with E-state index in [1.807, 2.05) is 17.5 Å². The highest BCUT2D eigenvalue weighted by atomic mass is 35.5. The van der Waals surface area contributed by atoms with Gasteiger partial charge in [-0.05, 0) is 23.8 Å². The molecular formula is C12H6Cl2N2S. The van der Waals surface area contributed by atoms with Crippen molar-refractivity contribution in [3.8, 4) is 11.1 Å². The Balaban J connectivity index is 2.32. The lowest BCUT2D eigenvalue weighted by molar-refractivity contribution is 1.33. The lowest BCUT2D eigenvalue weighted by Gasteiger charge is -1.99. The maximum atomic E-state index is 6.14. The minimum Gasteiger partial charge on any atom is -0.265 e. The topological polar surface area (TPSA) is 25.8 Å². The van der Waals surface area contributed by atoms with Gasteiger partial charge in [-0.15, -0.1) is 11.3 Å². The number of pyridine rings is 2. The lowest BCUT2D eigenvalue weighted by atomic mass is 10.1. The van der Waals surface area contributed by atoms with Crippen molar-refractivity contribution >= 4 is 44.8 Å². The van der Waals surface area contributed by atoms with Crippen molar-refractivity contribution < 1.29 is 0 Å². The van der Waals surface area contributed by atoms with Crippen molar-refractivity contribution in [1.82, 2.24) is 9.97 Å². The van der Waals surface area contributed by atoms with Gasteiger partial charge in [-0.3, -0.25) is 4.98 Å². The quantitative estimate of drug-likeness (QED) is 0.606. The molecule has 84 valence electrons. The summed E-state index contributed by atoms with van der Waals surface area (Å²) in [6.45, 7) is 0. The van der Waals surface area contributed by atoms with Crippen LogP contribution >= 0.6 is 34.5 Å². The molecule has 0 radical (unpaired) electrons. The molecule has 2 nitrogen and oxygen atoms in total. The van der Waals surface area contributed by atoms with Gasteiger partial charge in [-0.2, -0.15) is 0 Å². The SMILES string of the molecule is Clc1cc(Cl)c2scc(-c3ccncc3)c2n1. The number of thiophene rings is 1. The Kier molecular flexibility index (Phi) is 2.74. The highest BCUT2D eigenvalue weighted by Crippen LogP contribution is 2.37. The first-order valence-electron chi connectivity index (χ1n) is 4.89. The minimum atomic E-state index is 0.413. The molecule has 3 heterocycles. The third kappa shape index (κ3) is 1.90. The fraction of sp³-hybridized carbons (Fsp3) is 0. The number of hydrogen-bond acceptors (Lipinski definition) is 3. The molecule has 17 heavy (non-hydrogen) atoms. The molecule has 0 N–H and O–H groups in total. The fourth-order valence-electron chi connectivity index (χ4n) is 1.68. The molecule has 3 aromatic heterocycles. The lowest BCUT2D eigenvalue weighted by Crippen LogP contribution is -1.81. The maximum absolute atomic E-state index is 6.14. The van der Waals surface area contributed by atoms with E-state index < -0.39 is 0 Å². The van der Waals surface area contributed by atoms with E-state index >= 15 is 0 Å². The molecule has 0 unspecified atom stereocenters. The first-order chi connectivity index (χ1) is 8.25. The molecule has 0 saturated heterocycles. The van der Waals surface area contributed by atoms with Gasteiger partial charge in [0.2, 0.25) is 0 Å². The smallest absolute Gasteiger partial charge is 0.131 e. The average Bonchev–Trinajstić information content (AvgIpc) is 2.74. The third-order valence-corrected chi connectivity index (χ3v) is 4.04. The first kappa shape index (κ1) is 11.0. The minimum absolute atomic E-state index is 0.413. The van der Waals surface area contributed by atoms with Crippen LogP contribution in [-0.2, 0) is 0 Å². The van der Waals surface area contributed by atoms with E-state index in [4.69, 9.17) is 23.2 Å². The molecule has 0 fully saturated rings. The summed E-state index contributed by atoms with van der Waals surface area (Å²) < 4.78 is 0.961. The Bertz CT molecular complexity index is 680. The Morgan fingerprint density at radius 1 is 1.12 bits per heavy atom. The number of aromatic nitrogens is 2. The van der Waals surface area contributed by atoms with Crippen molar-refractivity contribution in [1.29, 1.82) is 0 Å². The predicted octanol–water partition coefficient (Wildman–Crippen LogP) is 4.67. The molecule has 5 heteroatoms. The second kappa shape index (κ2) is 4.26. The summed E-state index contributed by atoms with van der Waals surface area (Å²) in [6.07, 6.45) is 3.51. The van der Waals surface area contributed by atoms with Gasteiger partial charge in [0.1, 0.15) is 5.15 Å².